The fourth-order valence-corrected chi connectivity index (χ4v) is 9.46. The fourth-order valence-electron chi connectivity index (χ4n) is 9.46. The fraction of sp³-hybridized carbons (Fsp3) is 0.488. The SMILES string of the molecule is C#Cc1c(F)ccc2cccc(-c3nc4c5c(nc(OC[C@@]67CCCN6C[C@H](F)C7)nc5c3F)N3CC5CCC(C3CO4)N5C(=O)OC(C)OC(=O)C(C)C)c12. The van der Waals surface area contributed by atoms with Gasteiger partial charge in [-0.1, -0.05) is 44.0 Å². The van der Waals surface area contributed by atoms with E-state index < -0.39 is 59.7 Å². The lowest BCUT2D eigenvalue weighted by Gasteiger charge is -2.46. The molecule has 2 aromatic carbocycles. The average Bonchev–Trinajstić information content (AvgIpc) is 3.78. The summed E-state index contributed by atoms with van der Waals surface area (Å²) in [6.07, 6.45) is 6.33. The molecule has 4 fully saturated rings. The van der Waals surface area contributed by atoms with Crippen LogP contribution in [-0.4, -0.2) is 106 Å². The van der Waals surface area contributed by atoms with E-state index in [1.54, 1.807) is 43.0 Å². The molecule has 292 valence electrons. The summed E-state index contributed by atoms with van der Waals surface area (Å²) in [5.74, 6) is 0.484. The van der Waals surface area contributed by atoms with Gasteiger partial charge in [-0.15, -0.1) is 6.42 Å². The predicted molar refractivity (Wildman–Crippen MR) is 199 cm³/mol. The highest BCUT2D eigenvalue weighted by Gasteiger charge is 2.52. The second-order valence-corrected chi connectivity index (χ2v) is 15.7. The van der Waals surface area contributed by atoms with Gasteiger partial charge < -0.3 is 23.8 Å². The minimum absolute atomic E-state index is 0.0323. The number of aromatic nitrogens is 3. The molecule has 7 heterocycles. The number of terminal acetylenes is 1. The molecule has 4 saturated heterocycles. The molecule has 0 aliphatic carbocycles. The minimum Gasteiger partial charge on any atom is -0.475 e. The number of benzene rings is 2. The lowest BCUT2D eigenvalue weighted by Crippen LogP contribution is -2.63. The number of anilines is 1. The Morgan fingerprint density at radius 2 is 1.89 bits per heavy atom. The van der Waals surface area contributed by atoms with Crippen molar-refractivity contribution < 1.29 is 41.7 Å². The molecule has 2 bridgehead atoms. The number of hydrogen-bond acceptors (Lipinski definition) is 11. The Morgan fingerprint density at radius 1 is 1.05 bits per heavy atom. The van der Waals surface area contributed by atoms with Crippen LogP contribution in [0.1, 0.15) is 58.4 Å². The standard InChI is InChI=1S/C41H41F3N6O6/c1-5-26-28(43)12-10-23-8-6-9-27(31(23)26)34-33(44)35-32-36(47-39(46-35)54-20-41-14-7-15-48(41)17-24(42)16-41)49-18-25-11-13-29(30(49)19-53-37(32)45-34)50(25)40(52)56-22(4)55-38(51)21(2)3/h1,6,8-10,12,21-22,24-25,29-30H,7,11,13-20H2,2-4H3/t22?,24-,25?,29?,30?,41+/m1/s1. The van der Waals surface area contributed by atoms with Crippen LogP contribution in [-0.2, 0) is 14.3 Å². The van der Waals surface area contributed by atoms with Crippen molar-refractivity contribution in [1.29, 1.82) is 0 Å². The van der Waals surface area contributed by atoms with E-state index in [4.69, 9.17) is 35.3 Å². The topological polar surface area (TPSA) is 119 Å². The molecule has 4 aromatic rings. The van der Waals surface area contributed by atoms with Crippen LogP contribution < -0.4 is 14.4 Å². The van der Waals surface area contributed by atoms with Crippen molar-refractivity contribution in [2.24, 2.45) is 5.92 Å². The number of amides is 1. The van der Waals surface area contributed by atoms with Gasteiger partial charge in [0.15, 0.2) is 5.82 Å². The van der Waals surface area contributed by atoms with Crippen molar-refractivity contribution in [1.82, 2.24) is 24.8 Å². The van der Waals surface area contributed by atoms with Crippen molar-refractivity contribution in [2.45, 2.75) is 89.0 Å². The van der Waals surface area contributed by atoms with E-state index in [-0.39, 0.29) is 58.9 Å². The van der Waals surface area contributed by atoms with E-state index in [0.29, 0.717) is 48.9 Å². The Kier molecular flexibility index (Phi) is 8.87. The smallest absolute Gasteiger partial charge is 0.413 e. The number of nitrogens with zero attached hydrogens (tertiary/aromatic N) is 6. The first-order valence-corrected chi connectivity index (χ1v) is 19.2. The monoisotopic (exact) mass is 770 g/mol. The van der Waals surface area contributed by atoms with Crippen molar-refractivity contribution in [3.63, 3.8) is 0 Å². The van der Waals surface area contributed by atoms with Gasteiger partial charge in [-0.3, -0.25) is 14.6 Å². The van der Waals surface area contributed by atoms with E-state index in [0.717, 1.165) is 19.4 Å². The lowest BCUT2D eigenvalue weighted by atomic mass is 9.95. The zero-order valence-electron chi connectivity index (χ0n) is 31.3. The summed E-state index contributed by atoms with van der Waals surface area (Å²) >= 11 is 0. The molecule has 15 heteroatoms. The van der Waals surface area contributed by atoms with Gasteiger partial charge in [0, 0.05) is 37.4 Å². The molecule has 0 radical (unpaired) electrons. The van der Waals surface area contributed by atoms with E-state index in [1.165, 1.54) is 13.0 Å². The van der Waals surface area contributed by atoms with E-state index in [2.05, 4.69) is 15.8 Å². The summed E-state index contributed by atoms with van der Waals surface area (Å²) in [5.41, 5.74) is -0.569. The van der Waals surface area contributed by atoms with Crippen LogP contribution >= 0.6 is 0 Å². The van der Waals surface area contributed by atoms with Crippen molar-refractivity contribution >= 4 is 39.6 Å². The molecule has 5 aliphatic rings. The number of hydrogen-bond donors (Lipinski definition) is 0. The number of pyridine rings is 1. The van der Waals surface area contributed by atoms with Gasteiger partial charge in [0.05, 0.1) is 35.1 Å². The minimum atomic E-state index is -1.10. The largest absolute Gasteiger partial charge is 0.475 e. The lowest BCUT2D eigenvalue weighted by molar-refractivity contribution is -0.170. The van der Waals surface area contributed by atoms with Crippen molar-refractivity contribution in [2.75, 3.05) is 37.7 Å². The predicted octanol–water partition coefficient (Wildman–Crippen LogP) is 6.16. The van der Waals surface area contributed by atoms with Crippen molar-refractivity contribution in [3.8, 4) is 35.5 Å². The van der Waals surface area contributed by atoms with Crippen LogP contribution in [0, 0.1) is 29.9 Å². The molecule has 12 nitrogen and oxygen atoms in total. The molecule has 9 rings (SSSR count). The van der Waals surface area contributed by atoms with E-state index >= 15 is 8.78 Å². The van der Waals surface area contributed by atoms with E-state index in [9.17, 15) is 14.0 Å². The number of ether oxygens (including phenoxy) is 4. The highest BCUT2D eigenvalue weighted by Crippen LogP contribution is 2.46. The Morgan fingerprint density at radius 3 is 2.70 bits per heavy atom. The number of esters is 1. The second kappa shape index (κ2) is 13.7. The third-order valence-electron chi connectivity index (χ3n) is 12.0. The molecule has 4 unspecified atom stereocenters. The Balaban J connectivity index is 1.14. The number of alkyl halides is 1. The molecule has 5 aliphatic heterocycles. The number of rotatable bonds is 7. The van der Waals surface area contributed by atoms with Gasteiger partial charge in [0.2, 0.25) is 12.2 Å². The Hall–Kier alpha value is -5.36. The summed E-state index contributed by atoms with van der Waals surface area (Å²) in [5, 5.41) is 1.13. The van der Waals surface area contributed by atoms with Gasteiger partial charge >= 0.3 is 18.1 Å². The highest BCUT2D eigenvalue weighted by atomic mass is 19.1. The maximum absolute atomic E-state index is 17.3. The number of fused-ring (bicyclic) bond motifs is 7. The van der Waals surface area contributed by atoms with Crippen LogP contribution in [0.25, 0.3) is 32.9 Å². The zero-order valence-corrected chi connectivity index (χ0v) is 31.3. The first-order valence-electron chi connectivity index (χ1n) is 19.2. The molecule has 56 heavy (non-hydrogen) atoms. The molecule has 0 spiro atoms. The summed E-state index contributed by atoms with van der Waals surface area (Å²) in [7, 11) is 0. The van der Waals surface area contributed by atoms with Gasteiger partial charge in [0.25, 0.3) is 0 Å². The summed E-state index contributed by atoms with van der Waals surface area (Å²) < 4.78 is 70.8. The zero-order chi connectivity index (χ0) is 39.0. The average molecular weight is 771 g/mol. The normalized spacial score (nSPS) is 25.8. The van der Waals surface area contributed by atoms with Crippen LogP contribution in [0.2, 0.25) is 0 Å². The number of piperazine rings is 1. The summed E-state index contributed by atoms with van der Waals surface area (Å²) in [4.78, 5) is 45.9. The van der Waals surface area contributed by atoms with Gasteiger partial charge in [-0.25, -0.2) is 22.9 Å². The Labute approximate surface area is 321 Å². The first kappa shape index (κ1) is 36.3. The maximum Gasteiger partial charge on any atom is 0.413 e. The Bertz CT molecular complexity index is 2320. The van der Waals surface area contributed by atoms with E-state index in [1.807, 2.05) is 4.90 Å². The van der Waals surface area contributed by atoms with Gasteiger partial charge in [-0.05, 0) is 43.7 Å². The number of carbonyl (C=O) groups excluding carboxylic acids is 2. The molecular weight excluding hydrogens is 729 g/mol. The van der Waals surface area contributed by atoms with Crippen LogP contribution in [0.3, 0.4) is 0 Å². The third-order valence-corrected chi connectivity index (χ3v) is 12.0. The van der Waals surface area contributed by atoms with Crippen LogP contribution in [0.4, 0.5) is 23.8 Å². The summed E-state index contributed by atoms with van der Waals surface area (Å²) in [6.45, 7) is 6.43. The van der Waals surface area contributed by atoms with Crippen LogP contribution in [0.5, 0.6) is 11.9 Å². The third kappa shape index (κ3) is 5.83. The molecule has 6 atom stereocenters. The molecule has 1 amide bonds. The number of carbonyl (C=O) groups is 2. The number of halogens is 3. The molecular formula is C41H41F3N6O6. The summed E-state index contributed by atoms with van der Waals surface area (Å²) in [6, 6.07) is 6.63. The van der Waals surface area contributed by atoms with Gasteiger partial charge in [0.1, 0.15) is 47.6 Å². The highest BCUT2D eigenvalue weighted by molar-refractivity contribution is 6.03. The molecule has 0 saturated carbocycles. The van der Waals surface area contributed by atoms with Crippen LogP contribution in [0.15, 0.2) is 30.3 Å². The van der Waals surface area contributed by atoms with Gasteiger partial charge in [-0.2, -0.15) is 9.97 Å². The second-order valence-electron chi connectivity index (χ2n) is 15.7. The molecule has 0 N–H and O–H groups in total. The first-order chi connectivity index (χ1) is 27.0. The molecule has 2 aromatic heterocycles. The maximum atomic E-state index is 17.3. The van der Waals surface area contributed by atoms with Crippen molar-refractivity contribution in [3.05, 3.63) is 47.5 Å². The quantitative estimate of drug-likeness (QED) is 0.122.